The Balaban J connectivity index is 1.78. The van der Waals surface area contributed by atoms with Gasteiger partial charge < -0.3 is 57.2 Å². The van der Waals surface area contributed by atoms with Gasteiger partial charge in [-0.3, -0.25) is 9.59 Å². The molecule has 0 saturated carbocycles. The first-order valence-electron chi connectivity index (χ1n) is 11.4. The molecule has 3 aromatic carbocycles. The molecule has 0 bridgehead atoms. The molecule has 0 saturated heterocycles. The first-order valence-corrected chi connectivity index (χ1v) is 11.4. The van der Waals surface area contributed by atoms with Crippen LogP contribution in [-0.2, 0) is 22.4 Å². The second-order valence-electron chi connectivity index (χ2n) is 8.63. The first kappa shape index (κ1) is 28.3. The van der Waals surface area contributed by atoms with Gasteiger partial charge in [0.25, 0.3) is 0 Å². The van der Waals surface area contributed by atoms with Gasteiger partial charge in [-0.15, -0.1) is 0 Å². The summed E-state index contributed by atoms with van der Waals surface area (Å²) >= 11 is 0. The van der Waals surface area contributed by atoms with Crippen LogP contribution in [0, 0.1) is 0 Å². The van der Waals surface area contributed by atoms with Gasteiger partial charge in [0.1, 0.15) is 6.04 Å². The molecule has 12 N–H and O–H groups in total. The van der Waals surface area contributed by atoms with E-state index >= 15 is 0 Å². The summed E-state index contributed by atoms with van der Waals surface area (Å²) in [7, 11) is 0. The maximum atomic E-state index is 13.0. The number of amides is 2. The van der Waals surface area contributed by atoms with Gasteiger partial charge in [0.05, 0.1) is 6.04 Å². The fraction of sp³-hybridized carbons (Fsp3) is 0.154. The molecule has 3 rings (SSSR count). The van der Waals surface area contributed by atoms with Gasteiger partial charge in [0.15, 0.2) is 46.0 Å². The number of nitrogens with two attached hydrogens (primary N) is 1. The van der Waals surface area contributed by atoms with Crippen LogP contribution in [0.4, 0.5) is 0 Å². The third kappa shape index (κ3) is 7.14. The van der Waals surface area contributed by atoms with Crippen molar-refractivity contribution in [2.45, 2.75) is 24.9 Å². The Hall–Kier alpha value is -5.30. The molecule has 2 atom stereocenters. The standard InChI is InChI=1S/C26H27N3O10/c27-15(5-12-1-2-17(30)18(31)7-12)25(38)29-16(6-14-10-21(34)24(37)22(35)11-14)26(39)28-4-3-13-8-19(32)23(36)20(33)9-13/h1-4,7-11,15-16,30-37H,5-6,27H2,(H,28,39)(H,29,38)/b4-3+. The Morgan fingerprint density at radius 2 is 1.23 bits per heavy atom. The minimum absolute atomic E-state index is 0.0530. The number of nitrogens with one attached hydrogen (secondary N) is 2. The van der Waals surface area contributed by atoms with Crippen molar-refractivity contribution in [1.82, 2.24) is 10.6 Å². The fourth-order valence-electron chi connectivity index (χ4n) is 3.59. The smallest absolute Gasteiger partial charge is 0.246 e. The average molecular weight is 542 g/mol. The maximum absolute atomic E-state index is 13.0. The number of carbonyl (C=O) groups is 2. The summed E-state index contributed by atoms with van der Waals surface area (Å²) in [6, 6.07) is 5.89. The van der Waals surface area contributed by atoms with Gasteiger partial charge in [-0.25, -0.2) is 0 Å². The normalized spacial score (nSPS) is 12.6. The van der Waals surface area contributed by atoms with Gasteiger partial charge >= 0.3 is 0 Å². The Morgan fingerprint density at radius 1 is 0.692 bits per heavy atom. The second kappa shape index (κ2) is 11.8. The predicted octanol–water partition coefficient (Wildman–Crippen LogP) is 0.716. The number of phenols is 8. The first-order chi connectivity index (χ1) is 18.3. The predicted molar refractivity (Wildman–Crippen MR) is 137 cm³/mol. The number of benzene rings is 3. The Morgan fingerprint density at radius 3 is 1.79 bits per heavy atom. The van der Waals surface area contributed by atoms with Crippen molar-refractivity contribution in [2.75, 3.05) is 0 Å². The molecular formula is C26H27N3O10. The lowest BCUT2D eigenvalue weighted by Gasteiger charge is -2.21. The number of carbonyl (C=O) groups excluding carboxylic acids is 2. The molecule has 0 aliphatic rings. The van der Waals surface area contributed by atoms with E-state index in [1.54, 1.807) is 0 Å². The van der Waals surface area contributed by atoms with E-state index in [0.29, 0.717) is 5.56 Å². The van der Waals surface area contributed by atoms with Crippen molar-refractivity contribution >= 4 is 17.9 Å². The molecule has 13 heteroatoms. The van der Waals surface area contributed by atoms with Crippen LogP contribution in [0.5, 0.6) is 46.0 Å². The lowest BCUT2D eigenvalue weighted by Crippen LogP contribution is -2.52. The van der Waals surface area contributed by atoms with Gasteiger partial charge in [0.2, 0.25) is 11.8 Å². The molecule has 0 aliphatic heterocycles. The summed E-state index contributed by atoms with van der Waals surface area (Å²) < 4.78 is 0. The molecule has 206 valence electrons. The second-order valence-corrected chi connectivity index (χ2v) is 8.63. The molecule has 2 unspecified atom stereocenters. The van der Waals surface area contributed by atoms with Crippen molar-refractivity contribution in [2.24, 2.45) is 5.73 Å². The average Bonchev–Trinajstić information content (AvgIpc) is 2.87. The van der Waals surface area contributed by atoms with Crippen molar-refractivity contribution in [3.8, 4) is 46.0 Å². The number of hydrogen-bond acceptors (Lipinski definition) is 11. The highest BCUT2D eigenvalue weighted by Crippen LogP contribution is 2.36. The molecular weight excluding hydrogens is 514 g/mol. The molecule has 39 heavy (non-hydrogen) atoms. The van der Waals surface area contributed by atoms with Crippen LogP contribution in [-0.4, -0.2) is 64.8 Å². The van der Waals surface area contributed by atoms with E-state index in [1.807, 2.05) is 0 Å². The highest BCUT2D eigenvalue weighted by atomic mass is 16.3. The van der Waals surface area contributed by atoms with Crippen LogP contribution in [0.3, 0.4) is 0 Å². The molecule has 0 heterocycles. The fourth-order valence-corrected chi connectivity index (χ4v) is 3.59. The van der Waals surface area contributed by atoms with Crippen LogP contribution in [0.1, 0.15) is 16.7 Å². The van der Waals surface area contributed by atoms with Crippen molar-refractivity contribution in [3.05, 3.63) is 65.4 Å². The highest BCUT2D eigenvalue weighted by molar-refractivity contribution is 5.90. The minimum Gasteiger partial charge on any atom is -0.504 e. The molecule has 0 radical (unpaired) electrons. The van der Waals surface area contributed by atoms with E-state index < -0.39 is 64.1 Å². The van der Waals surface area contributed by atoms with Gasteiger partial charge in [-0.2, -0.15) is 0 Å². The highest BCUT2D eigenvalue weighted by Gasteiger charge is 2.25. The van der Waals surface area contributed by atoms with Crippen molar-refractivity contribution < 1.29 is 50.4 Å². The summed E-state index contributed by atoms with van der Waals surface area (Å²) in [5, 5.41) is 81.9. The maximum Gasteiger partial charge on any atom is 0.246 e. The number of hydrogen-bond donors (Lipinski definition) is 11. The number of phenolic OH excluding ortho intramolecular Hbond substituents is 8. The van der Waals surface area contributed by atoms with E-state index in [-0.39, 0.29) is 29.7 Å². The van der Waals surface area contributed by atoms with Crippen LogP contribution < -0.4 is 16.4 Å². The molecule has 0 spiro atoms. The molecule has 0 aromatic heterocycles. The van der Waals surface area contributed by atoms with E-state index in [2.05, 4.69) is 10.6 Å². The topological polar surface area (TPSA) is 246 Å². The lowest BCUT2D eigenvalue weighted by molar-refractivity contribution is -0.129. The SMILES string of the molecule is NC(Cc1ccc(O)c(O)c1)C(=O)NC(Cc1cc(O)c(O)c(O)c1)C(=O)N/C=C/c1cc(O)c(O)c(O)c1. The molecule has 3 aromatic rings. The van der Waals surface area contributed by atoms with Crippen molar-refractivity contribution in [1.29, 1.82) is 0 Å². The van der Waals surface area contributed by atoms with Crippen LogP contribution in [0.25, 0.3) is 6.08 Å². The quantitative estimate of drug-likeness (QED) is 0.168. The summed E-state index contributed by atoms with van der Waals surface area (Å²) in [5.74, 6) is -6.20. The van der Waals surface area contributed by atoms with Gasteiger partial charge in [-0.1, -0.05) is 6.07 Å². The summed E-state index contributed by atoms with van der Waals surface area (Å²) in [5.41, 5.74) is 6.81. The van der Waals surface area contributed by atoms with Gasteiger partial charge in [-0.05, 0) is 65.6 Å². The third-order valence-electron chi connectivity index (χ3n) is 5.63. The number of rotatable bonds is 9. The van der Waals surface area contributed by atoms with Crippen LogP contribution in [0.15, 0.2) is 48.7 Å². The molecule has 13 nitrogen and oxygen atoms in total. The lowest BCUT2D eigenvalue weighted by atomic mass is 10.0. The monoisotopic (exact) mass is 541 g/mol. The zero-order chi connectivity index (χ0) is 28.9. The zero-order valence-electron chi connectivity index (χ0n) is 20.2. The Bertz CT molecular complexity index is 1380. The third-order valence-corrected chi connectivity index (χ3v) is 5.63. The molecule has 0 fully saturated rings. The summed E-state index contributed by atoms with van der Waals surface area (Å²) in [4.78, 5) is 25.8. The van der Waals surface area contributed by atoms with E-state index in [9.17, 15) is 50.4 Å². The summed E-state index contributed by atoms with van der Waals surface area (Å²) in [6.07, 6.45) is 2.14. The van der Waals surface area contributed by atoms with E-state index in [1.165, 1.54) is 24.3 Å². The summed E-state index contributed by atoms with van der Waals surface area (Å²) in [6.45, 7) is 0. The van der Waals surface area contributed by atoms with Gasteiger partial charge in [0, 0.05) is 12.6 Å². The Kier molecular flexibility index (Phi) is 8.58. The molecule has 2 amide bonds. The van der Waals surface area contributed by atoms with Crippen LogP contribution >= 0.6 is 0 Å². The largest absolute Gasteiger partial charge is 0.504 e. The van der Waals surface area contributed by atoms with Crippen LogP contribution in [0.2, 0.25) is 0 Å². The van der Waals surface area contributed by atoms with E-state index in [0.717, 1.165) is 30.5 Å². The van der Waals surface area contributed by atoms with E-state index in [4.69, 9.17) is 5.73 Å². The Labute approximate surface area is 221 Å². The number of aromatic hydroxyl groups is 8. The molecule has 0 aliphatic carbocycles. The minimum atomic E-state index is -1.30. The zero-order valence-corrected chi connectivity index (χ0v) is 20.2. The van der Waals surface area contributed by atoms with Crippen molar-refractivity contribution in [3.63, 3.8) is 0 Å².